The molecule has 4 nitrogen and oxygen atoms in total. The number of nitrogens with one attached hydrogen (secondary N) is 2. The van der Waals surface area contributed by atoms with Gasteiger partial charge in [0.2, 0.25) is 0 Å². The standard InChI is InChI=1S/C16H28N4S.HI/c1-5-13-7-6-8-14(9-13)20-16(17-4)18-10-15-11(2)19-12(3)21-15;/h13-14H,5-10H2,1-4H3,(H2,17,18,20);1H. The summed E-state index contributed by atoms with van der Waals surface area (Å²) in [6, 6.07) is 0.569. The topological polar surface area (TPSA) is 49.3 Å². The fourth-order valence-corrected chi connectivity index (χ4v) is 3.96. The molecule has 2 rings (SSSR count). The molecule has 0 bridgehead atoms. The van der Waals surface area contributed by atoms with Crippen LogP contribution in [0.3, 0.4) is 0 Å². The number of aliphatic imine (C=N–C) groups is 1. The zero-order valence-corrected chi connectivity index (χ0v) is 17.3. The van der Waals surface area contributed by atoms with E-state index in [0.717, 1.165) is 29.1 Å². The third kappa shape index (κ3) is 5.68. The van der Waals surface area contributed by atoms with E-state index in [0.29, 0.717) is 6.04 Å². The molecule has 0 radical (unpaired) electrons. The number of thiazole rings is 1. The summed E-state index contributed by atoms with van der Waals surface area (Å²) in [5, 5.41) is 8.15. The Balaban J connectivity index is 0.00000242. The number of nitrogens with zero attached hydrogens (tertiary/aromatic N) is 2. The Morgan fingerprint density at radius 1 is 1.36 bits per heavy atom. The molecule has 1 aliphatic rings. The van der Waals surface area contributed by atoms with Gasteiger partial charge in [-0.3, -0.25) is 4.99 Å². The Hall–Kier alpha value is -0.370. The van der Waals surface area contributed by atoms with Crippen LogP contribution in [0.5, 0.6) is 0 Å². The summed E-state index contributed by atoms with van der Waals surface area (Å²) in [6.45, 7) is 7.24. The number of halogens is 1. The zero-order valence-electron chi connectivity index (χ0n) is 14.1. The summed E-state index contributed by atoms with van der Waals surface area (Å²) >= 11 is 1.76. The lowest BCUT2D eigenvalue weighted by Crippen LogP contribution is -2.44. The molecule has 22 heavy (non-hydrogen) atoms. The molecule has 2 N–H and O–H groups in total. The Morgan fingerprint density at radius 3 is 2.73 bits per heavy atom. The van der Waals surface area contributed by atoms with E-state index in [1.807, 2.05) is 7.05 Å². The first-order valence-corrected chi connectivity index (χ1v) is 8.84. The number of aromatic nitrogens is 1. The van der Waals surface area contributed by atoms with Crippen molar-refractivity contribution in [1.29, 1.82) is 0 Å². The molecular weight excluding hydrogens is 407 g/mol. The molecule has 0 saturated heterocycles. The molecule has 6 heteroatoms. The maximum Gasteiger partial charge on any atom is 0.191 e. The molecule has 0 aliphatic heterocycles. The first kappa shape index (κ1) is 19.7. The average Bonchev–Trinajstić information content (AvgIpc) is 2.81. The minimum absolute atomic E-state index is 0. The summed E-state index contributed by atoms with van der Waals surface area (Å²) in [5.74, 6) is 1.79. The highest BCUT2D eigenvalue weighted by Crippen LogP contribution is 2.26. The minimum atomic E-state index is 0. The molecule has 1 aliphatic carbocycles. The van der Waals surface area contributed by atoms with E-state index >= 15 is 0 Å². The van der Waals surface area contributed by atoms with Gasteiger partial charge in [-0.2, -0.15) is 0 Å². The van der Waals surface area contributed by atoms with Gasteiger partial charge in [-0.1, -0.05) is 26.2 Å². The highest BCUT2D eigenvalue weighted by atomic mass is 127. The quantitative estimate of drug-likeness (QED) is 0.426. The van der Waals surface area contributed by atoms with Crippen LogP contribution in [-0.2, 0) is 6.54 Å². The number of rotatable bonds is 4. The van der Waals surface area contributed by atoms with Crippen molar-refractivity contribution >= 4 is 41.3 Å². The summed E-state index contributed by atoms with van der Waals surface area (Å²) in [5.41, 5.74) is 1.13. The lowest BCUT2D eigenvalue weighted by molar-refractivity contribution is 0.298. The highest BCUT2D eigenvalue weighted by molar-refractivity contribution is 14.0. The molecule has 0 aromatic carbocycles. The van der Waals surface area contributed by atoms with Gasteiger partial charge >= 0.3 is 0 Å². The van der Waals surface area contributed by atoms with Crippen LogP contribution in [0, 0.1) is 19.8 Å². The molecule has 2 atom stereocenters. The molecule has 0 amide bonds. The molecule has 126 valence electrons. The molecule has 1 heterocycles. The number of hydrogen-bond acceptors (Lipinski definition) is 3. The summed E-state index contributed by atoms with van der Waals surface area (Å²) < 4.78 is 0. The maximum absolute atomic E-state index is 4.47. The third-order valence-corrected chi connectivity index (χ3v) is 5.41. The zero-order chi connectivity index (χ0) is 15.2. The van der Waals surface area contributed by atoms with Gasteiger partial charge in [0.1, 0.15) is 0 Å². The summed E-state index contributed by atoms with van der Waals surface area (Å²) in [6.07, 6.45) is 6.55. The van der Waals surface area contributed by atoms with Crippen molar-refractivity contribution in [2.24, 2.45) is 10.9 Å². The van der Waals surface area contributed by atoms with E-state index in [1.165, 1.54) is 37.0 Å². The van der Waals surface area contributed by atoms with Crippen LogP contribution in [0.25, 0.3) is 0 Å². The van der Waals surface area contributed by atoms with Crippen molar-refractivity contribution in [3.63, 3.8) is 0 Å². The summed E-state index contributed by atoms with van der Waals surface area (Å²) in [4.78, 5) is 10.1. The van der Waals surface area contributed by atoms with Crippen LogP contribution in [0.1, 0.15) is 54.6 Å². The van der Waals surface area contributed by atoms with E-state index in [1.54, 1.807) is 11.3 Å². The predicted octanol–water partition coefficient (Wildman–Crippen LogP) is 4.01. The lowest BCUT2D eigenvalue weighted by Gasteiger charge is -2.30. The van der Waals surface area contributed by atoms with Crippen molar-refractivity contribution in [2.45, 2.75) is 65.5 Å². The van der Waals surface area contributed by atoms with Gasteiger partial charge in [-0.25, -0.2) is 4.98 Å². The van der Waals surface area contributed by atoms with Crippen molar-refractivity contribution < 1.29 is 0 Å². The second-order valence-corrected chi connectivity index (χ2v) is 7.24. The molecule has 1 fully saturated rings. The normalized spacial score (nSPS) is 22.1. The van der Waals surface area contributed by atoms with E-state index < -0.39 is 0 Å². The monoisotopic (exact) mass is 436 g/mol. The smallest absolute Gasteiger partial charge is 0.191 e. The van der Waals surface area contributed by atoms with E-state index in [4.69, 9.17) is 0 Å². The molecule has 1 aromatic rings. The maximum atomic E-state index is 4.47. The van der Waals surface area contributed by atoms with Crippen molar-refractivity contribution in [3.05, 3.63) is 15.6 Å². The Labute approximate surface area is 155 Å². The second kappa shape index (κ2) is 9.70. The highest BCUT2D eigenvalue weighted by Gasteiger charge is 2.21. The van der Waals surface area contributed by atoms with Crippen LogP contribution in [0.15, 0.2) is 4.99 Å². The summed E-state index contributed by atoms with van der Waals surface area (Å²) in [7, 11) is 1.85. The molecule has 2 unspecified atom stereocenters. The van der Waals surface area contributed by atoms with Crippen LogP contribution < -0.4 is 10.6 Å². The van der Waals surface area contributed by atoms with Gasteiger partial charge in [-0.15, -0.1) is 35.3 Å². The third-order valence-electron chi connectivity index (χ3n) is 4.34. The fraction of sp³-hybridized carbons (Fsp3) is 0.750. The van der Waals surface area contributed by atoms with Gasteiger partial charge in [0.15, 0.2) is 5.96 Å². The van der Waals surface area contributed by atoms with Crippen LogP contribution in [0.2, 0.25) is 0 Å². The Morgan fingerprint density at radius 2 is 2.14 bits per heavy atom. The first-order valence-electron chi connectivity index (χ1n) is 8.02. The average molecular weight is 436 g/mol. The molecule has 0 spiro atoms. The van der Waals surface area contributed by atoms with Crippen LogP contribution in [-0.4, -0.2) is 24.0 Å². The molecular formula is C16H29IN4S. The second-order valence-electron chi connectivity index (χ2n) is 5.95. The Kier molecular flexibility index (Phi) is 8.67. The number of aryl methyl sites for hydroxylation is 2. The number of guanidine groups is 1. The largest absolute Gasteiger partial charge is 0.354 e. The van der Waals surface area contributed by atoms with Crippen LogP contribution in [0.4, 0.5) is 0 Å². The van der Waals surface area contributed by atoms with Gasteiger partial charge in [-0.05, 0) is 32.6 Å². The molecule has 1 saturated carbocycles. The predicted molar refractivity (Wildman–Crippen MR) is 106 cm³/mol. The van der Waals surface area contributed by atoms with Gasteiger partial charge < -0.3 is 10.6 Å². The minimum Gasteiger partial charge on any atom is -0.354 e. The van der Waals surface area contributed by atoms with E-state index in [2.05, 4.69) is 41.4 Å². The van der Waals surface area contributed by atoms with E-state index in [9.17, 15) is 0 Å². The van der Waals surface area contributed by atoms with Gasteiger partial charge in [0.05, 0.1) is 17.2 Å². The van der Waals surface area contributed by atoms with Crippen molar-refractivity contribution in [1.82, 2.24) is 15.6 Å². The first-order chi connectivity index (χ1) is 10.1. The van der Waals surface area contributed by atoms with Crippen LogP contribution >= 0.6 is 35.3 Å². The van der Waals surface area contributed by atoms with Crippen molar-refractivity contribution in [2.75, 3.05) is 7.05 Å². The SMILES string of the molecule is CCC1CCCC(NC(=NC)NCc2sc(C)nc2C)C1.I. The molecule has 1 aromatic heterocycles. The van der Waals surface area contributed by atoms with E-state index in [-0.39, 0.29) is 24.0 Å². The fourth-order valence-electron chi connectivity index (χ4n) is 3.08. The van der Waals surface area contributed by atoms with Crippen molar-refractivity contribution in [3.8, 4) is 0 Å². The van der Waals surface area contributed by atoms with Gasteiger partial charge in [0.25, 0.3) is 0 Å². The Bertz CT molecular complexity index is 486. The van der Waals surface area contributed by atoms with Gasteiger partial charge in [0, 0.05) is 18.0 Å². The lowest BCUT2D eigenvalue weighted by atomic mass is 9.84. The number of hydrogen-bond donors (Lipinski definition) is 2.